The molecule has 0 amide bonds. The Morgan fingerprint density at radius 3 is 2.65 bits per heavy atom. The number of aromatic hydroxyl groups is 1. The SMILES string of the molecule is NC(C(=O)O)c1c(O)ccc2cc(Br)ccc12. The van der Waals surface area contributed by atoms with Crippen LogP contribution in [0.4, 0.5) is 0 Å². The van der Waals surface area contributed by atoms with E-state index < -0.39 is 12.0 Å². The van der Waals surface area contributed by atoms with Gasteiger partial charge in [0.2, 0.25) is 0 Å². The topological polar surface area (TPSA) is 83.6 Å². The van der Waals surface area contributed by atoms with E-state index in [1.165, 1.54) is 6.07 Å². The molecule has 4 N–H and O–H groups in total. The summed E-state index contributed by atoms with van der Waals surface area (Å²) in [5, 5.41) is 20.1. The summed E-state index contributed by atoms with van der Waals surface area (Å²) in [6, 6.07) is 7.28. The zero-order chi connectivity index (χ0) is 12.6. The molecule has 88 valence electrons. The first-order chi connectivity index (χ1) is 8.00. The molecule has 0 heterocycles. The van der Waals surface area contributed by atoms with Crippen LogP contribution in [0.2, 0.25) is 0 Å². The average Bonchev–Trinajstić information content (AvgIpc) is 2.28. The molecule has 0 bridgehead atoms. The average molecular weight is 296 g/mol. The largest absolute Gasteiger partial charge is 0.508 e. The van der Waals surface area contributed by atoms with Crippen LogP contribution >= 0.6 is 15.9 Å². The maximum Gasteiger partial charge on any atom is 0.325 e. The third-order valence-corrected chi connectivity index (χ3v) is 3.07. The Morgan fingerprint density at radius 1 is 1.29 bits per heavy atom. The fraction of sp³-hybridized carbons (Fsp3) is 0.0833. The van der Waals surface area contributed by atoms with Crippen molar-refractivity contribution in [2.24, 2.45) is 5.73 Å². The second-order valence-corrected chi connectivity index (χ2v) is 4.60. The van der Waals surface area contributed by atoms with Gasteiger partial charge in [-0.2, -0.15) is 0 Å². The van der Waals surface area contributed by atoms with Crippen molar-refractivity contribution in [2.45, 2.75) is 6.04 Å². The zero-order valence-corrected chi connectivity index (χ0v) is 10.3. The minimum Gasteiger partial charge on any atom is -0.508 e. The van der Waals surface area contributed by atoms with Gasteiger partial charge in [-0.25, -0.2) is 0 Å². The smallest absolute Gasteiger partial charge is 0.325 e. The molecular formula is C12H10BrNO3. The molecule has 0 aliphatic carbocycles. The minimum atomic E-state index is -1.24. The molecule has 0 aliphatic heterocycles. The van der Waals surface area contributed by atoms with Crippen LogP contribution in [0.25, 0.3) is 10.8 Å². The van der Waals surface area contributed by atoms with Gasteiger partial charge in [0, 0.05) is 10.0 Å². The summed E-state index contributed by atoms with van der Waals surface area (Å²) in [5.74, 6) is -1.27. The van der Waals surface area contributed by atoms with Gasteiger partial charge in [0.1, 0.15) is 11.8 Å². The van der Waals surface area contributed by atoms with E-state index in [4.69, 9.17) is 10.8 Å². The number of hydrogen-bond acceptors (Lipinski definition) is 3. The maximum atomic E-state index is 10.9. The van der Waals surface area contributed by atoms with Crippen LogP contribution in [-0.4, -0.2) is 16.2 Å². The lowest BCUT2D eigenvalue weighted by Gasteiger charge is -2.12. The molecule has 0 aliphatic rings. The number of carboxylic acids is 1. The lowest BCUT2D eigenvalue weighted by Crippen LogP contribution is -2.21. The first kappa shape index (κ1) is 11.9. The summed E-state index contributed by atoms with van der Waals surface area (Å²) in [7, 11) is 0. The van der Waals surface area contributed by atoms with Crippen molar-refractivity contribution in [3.63, 3.8) is 0 Å². The van der Waals surface area contributed by atoms with Gasteiger partial charge in [-0.15, -0.1) is 0 Å². The Morgan fingerprint density at radius 2 is 2.00 bits per heavy atom. The molecule has 4 nitrogen and oxygen atoms in total. The second kappa shape index (κ2) is 4.35. The number of phenolic OH excluding ortho intramolecular Hbond substituents is 1. The highest BCUT2D eigenvalue weighted by atomic mass is 79.9. The van der Waals surface area contributed by atoms with E-state index in [0.717, 1.165) is 9.86 Å². The summed E-state index contributed by atoms with van der Waals surface area (Å²) in [6.45, 7) is 0. The molecule has 2 rings (SSSR count). The van der Waals surface area contributed by atoms with Gasteiger partial charge in [0.15, 0.2) is 0 Å². The summed E-state index contributed by atoms with van der Waals surface area (Å²) in [6.07, 6.45) is 0. The van der Waals surface area contributed by atoms with Crippen molar-refractivity contribution in [3.05, 3.63) is 40.4 Å². The van der Waals surface area contributed by atoms with Crippen LogP contribution in [-0.2, 0) is 4.79 Å². The standard InChI is InChI=1S/C12H10BrNO3/c13-7-2-3-8-6(5-7)1-4-9(15)10(8)11(14)12(16)17/h1-5,11,15H,14H2,(H,16,17). The quantitative estimate of drug-likeness (QED) is 0.794. The minimum absolute atomic E-state index is 0.102. The molecule has 2 aromatic rings. The molecule has 0 saturated carbocycles. The van der Waals surface area contributed by atoms with Gasteiger partial charge in [0.25, 0.3) is 0 Å². The van der Waals surface area contributed by atoms with Crippen LogP contribution in [0, 0.1) is 0 Å². The van der Waals surface area contributed by atoms with E-state index in [0.29, 0.717) is 5.39 Å². The molecule has 1 atom stereocenters. The number of fused-ring (bicyclic) bond motifs is 1. The molecule has 17 heavy (non-hydrogen) atoms. The first-order valence-electron chi connectivity index (χ1n) is 4.90. The van der Waals surface area contributed by atoms with E-state index >= 15 is 0 Å². The van der Waals surface area contributed by atoms with Crippen LogP contribution in [0.3, 0.4) is 0 Å². The zero-order valence-electron chi connectivity index (χ0n) is 8.72. The summed E-state index contributed by atoms with van der Waals surface area (Å²) < 4.78 is 0.880. The normalized spacial score (nSPS) is 12.6. The fourth-order valence-electron chi connectivity index (χ4n) is 1.76. The number of rotatable bonds is 2. The third-order valence-electron chi connectivity index (χ3n) is 2.58. The lowest BCUT2D eigenvalue weighted by atomic mass is 9.98. The Bertz CT molecular complexity index is 598. The fourth-order valence-corrected chi connectivity index (χ4v) is 2.14. The molecular weight excluding hydrogens is 286 g/mol. The van der Waals surface area contributed by atoms with E-state index in [2.05, 4.69) is 15.9 Å². The van der Waals surface area contributed by atoms with Crippen molar-refractivity contribution < 1.29 is 15.0 Å². The van der Waals surface area contributed by atoms with Gasteiger partial charge in [-0.05, 0) is 29.0 Å². The number of phenols is 1. The van der Waals surface area contributed by atoms with Crippen molar-refractivity contribution in [2.75, 3.05) is 0 Å². The Labute approximate surface area is 106 Å². The molecule has 0 aromatic heterocycles. The highest BCUT2D eigenvalue weighted by molar-refractivity contribution is 9.10. The maximum absolute atomic E-state index is 10.9. The number of benzene rings is 2. The van der Waals surface area contributed by atoms with Crippen molar-refractivity contribution >= 4 is 32.7 Å². The lowest BCUT2D eigenvalue weighted by molar-refractivity contribution is -0.138. The second-order valence-electron chi connectivity index (χ2n) is 3.68. The monoisotopic (exact) mass is 295 g/mol. The van der Waals surface area contributed by atoms with Crippen molar-refractivity contribution in [3.8, 4) is 5.75 Å². The predicted molar refractivity (Wildman–Crippen MR) is 67.9 cm³/mol. The number of nitrogens with two attached hydrogens (primary N) is 1. The van der Waals surface area contributed by atoms with Crippen LogP contribution in [0.5, 0.6) is 5.75 Å². The summed E-state index contributed by atoms with van der Waals surface area (Å²) >= 11 is 3.33. The van der Waals surface area contributed by atoms with E-state index in [-0.39, 0.29) is 11.3 Å². The highest BCUT2D eigenvalue weighted by Gasteiger charge is 2.20. The van der Waals surface area contributed by atoms with Crippen LogP contribution in [0.1, 0.15) is 11.6 Å². The van der Waals surface area contributed by atoms with Crippen molar-refractivity contribution in [1.29, 1.82) is 0 Å². The molecule has 0 spiro atoms. The van der Waals surface area contributed by atoms with Crippen molar-refractivity contribution in [1.82, 2.24) is 0 Å². The van der Waals surface area contributed by atoms with Gasteiger partial charge < -0.3 is 15.9 Å². The Hall–Kier alpha value is -1.59. The number of carboxylic acid groups (broad SMARTS) is 1. The van der Waals surface area contributed by atoms with E-state index in [1.807, 2.05) is 6.07 Å². The summed E-state index contributed by atoms with van der Waals surface area (Å²) in [4.78, 5) is 10.9. The molecule has 5 heteroatoms. The van der Waals surface area contributed by atoms with Gasteiger partial charge in [-0.1, -0.05) is 28.1 Å². The van der Waals surface area contributed by atoms with Gasteiger partial charge in [-0.3, -0.25) is 4.79 Å². The third kappa shape index (κ3) is 2.11. The molecule has 2 aromatic carbocycles. The van der Waals surface area contributed by atoms with Crippen LogP contribution in [0.15, 0.2) is 34.8 Å². The highest BCUT2D eigenvalue weighted by Crippen LogP contribution is 2.32. The molecule has 0 saturated heterocycles. The first-order valence-corrected chi connectivity index (χ1v) is 5.69. The van der Waals surface area contributed by atoms with E-state index in [9.17, 15) is 9.90 Å². The molecule has 1 unspecified atom stereocenters. The number of hydrogen-bond donors (Lipinski definition) is 3. The molecule has 0 fully saturated rings. The number of carbonyl (C=O) groups is 1. The summed E-state index contributed by atoms with van der Waals surface area (Å²) in [5.41, 5.74) is 5.81. The number of aliphatic carboxylic acids is 1. The van der Waals surface area contributed by atoms with Crippen LogP contribution < -0.4 is 5.73 Å². The number of halogens is 1. The predicted octanol–water partition coefficient (Wildman–Crippen LogP) is 2.39. The molecule has 0 radical (unpaired) electrons. The Balaban J connectivity index is 2.76. The van der Waals surface area contributed by atoms with Gasteiger partial charge in [0.05, 0.1) is 0 Å². The van der Waals surface area contributed by atoms with E-state index in [1.54, 1.807) is 18.2 Å². The Kier molecular flexibility index (Phi) is 3.04. The van der Waals surface area contributed by atoms with Gasteiger partial charge >= 0.3 is 5.97 Å².